The molecule has 1 aromatic carbocycles. The summed E-state index contributed by atoms with van der Waals surface area (Å²) in [5.41, 5.74) is -0.308. The second-order valence-electron chi connectivity index (χ2n) is 3.41. The number of rotatable bonds is 1. The van der Waals surface area contributed by atoms with Crippen molar-refractivity contribution in [1.29, 1.82) is 5.26 Å². The first kappa shape index (κ1) is 10.2. The van der Waals surface area contributed by atoms with Gasteiger partial charge in [0.1, 0.15) is 6.54 Å². The average molecular weight is 215 g/mol. The van der Waals surface area contributed by atoms with Crippen LogP contribution < -0.4 is 11.2 Å². The fourth-order valence-electron chi connectivity index (χ4n) is 1.67. The molecule has 0 radical (unpaired) electrons. The summed E-state index contributed by atoms with van der Waals surface area (Å²) >= 11 is 0. The van der Waals surface area contributed by atoms with Crippen LogP contribution in [0.4, 0.5) is 0 Å². The molecular formula is C11H9N3O2. The van der Waals surface area contributed by atoms with Gasteiger partial charge in [0.05, 0.1) is 17.0 Å². The number of nitriles is 1. The van der Waals surface area contributed by atoms with Crippen molar-refractivity contribution in [3.8, 4) is 6.07 Å². The Kier molecular flexibility index (Phi) is 2.33. The number of benzene rings is 1. The van der Waals surface area contributed by atoms with E-state index >= 15 is 0 Å². The average Bonchev–Trinajstić information content (AvgIpc) is 2.32. The van der Waals surface area contributed by atoms with E-state index in [9.17, 15) is 9.59 Å². The first-order valence-electron chi connectivity index (χ1n) is 4.72. The number of nitrogens with zero attached hydrogens (tertiary/aromatic N) is 3. The van der Waals surface area contributed by atoms with Gasteiger partial charge in [-0.1, -0.05) is 12.1 Å². The molecule has 2 aromatic rings. The van der Waals surface area contributed by atoms with Gasteiger partial charge in [0.15, 0.2) is 0 Å². The lowest BCUT2D eigenvalue weighted by atomic mass is 10.2. The molecule has 5 nitrogen and oxygen atoms in total. The highest BCUT2D eigenvalue weighted by Crippen LogP contribution is 2.05. The molecule has 0 saturated carbocycles. The summed E-state index contributed by atoms with van der Waals surface area (Å²) in [6, 6.07) is 8.64. The van der Waals surface area contributed by atoms with Crippen molar-refractivity contribution in [3.05, 3.63) is 45.1 Å². The van der Waals surface area contributed by atoms with Gasteiger partial charge in [-0.05, 0) is 12.1 Å². The Morgan fingerprint density at radius 3 is 2.69 bits per heavy atom. The first-order valence-corrected chi connectivity index (χ1v) is 4.72. The van der Waals surface area contributed by atoms with Crippen LogP contribution in [0.3, 0.4) is 0 Å². The minimum absolute atomic E-state index is 0.226. The molecule has 0 amide bonds. The Balaban J connectivity index is 3.02. The van der Waals surface area contributed by atoms with Gasteiger partial charge in [-0.2, -0.15) is 5.26 Å². The van der Waals surface area contributed by atoms with E-state index in [1.54, 1.807) is 31.3 Å². The summed E-state index contributed by atoms with van der Waals surface area (Å²) in [7, 11) is 1.58. The molecule has 0 aliphatic heterocycles. The van der Waals surface area contributed by atoms with Gasteiger partial charge < -0.3 is 0 Å². The summed E-state index contributed by atoms with van der Waals surface area (Å²) in [4.78, 5) is 23.7. The molecule has 5 heteroatoms. The molecule has 80 valence electrons. The van der Waals surface area contributed by atoms with E-state index in [4.69, 9.17) is 5.26 Å². The predicted molar refractivity (Wildman–Crippen MR) is 59.1 cm³/mol. The van der Waals surface area contributed by atoms with Crippen LogP contribution >= 0.6 is 0 Å². The highest BCUT2D eigenvalue weighted by molar-refractivity contribution is 5.77. The van der Waals surface area contributed by atoms with Crippen molar-refractivity contribution in [2.45, 2.75) is 6.54 Å². The molecule has 0 unspecified atom stereocenters. The molecule has 16 heavy (non-hydrogen) atoms. The predicted octanol–water partition coefficient (Wildman–Crippen LogP) is 0.224. The van der Waals surface area contributed by atoms with Gasteiger partial charge in [0.2, 0.25) is 0 Å². The number of para-hydroxylation sites is 1. The van der Waals surface area contributed by atoms with Crippen LogP contribution in [0.2, 0.25) is 0 Å². The number of hydrogen-bond acceptors (Lipinski definition) is 3. The normalized spacial score (nSPS) is 10.2. The van der Waals surface area contributed by atoms with Crippen molar-refractivity contribution in [2.24, 2.45) is 7.05 Å². The standard InChI is InChI=1S/C11H9N3O2/c1-13-9-5-3-2-4-8(9)10(15)14(7-6-12)11(13)16/h2-5H,7H2,1H3. The van der Waals surface area contributed by atoms with Gasteiger partial charge in [-0.15, -0.1) is 0 Å². The highest BCUT2D eigenvalue weighted by atomic mass is 16.2. The molecule has 0 aliphatic carbocycles. The zero-order valence-electron chi connectivity index (χ0n) is 8.67. The summed E-state index contributed by atoms with van der Waals surface area (Å²) in [6.45, 7) is -0.226. The molecule has 0 atom stereocenters. The Morgan fingerprint density at radius 1 is 1.31 bits per heavy atom. The summed E-state index contributed by atoms with van der Waals surface area (Å²) in [5.74, 6) is 0. The van der Waals surface area contributed by atoms with Crippen LogP contribution in [-0.4, -0.2) is 9.13 Å². The second-order valence-corrected chi connectivity index (χ2v) is 3.41. The maximum absolute atomic E-state index is 11.9. The molecule has 0 aliphatic rings. The molecule has 1 aromatic heterocycles. The molecule has 0 saturated heterocycles. The van der Waals surface area contributed by atoms with Crippen LogP contribution in [0.15, 0.2) is 33.9 Å². The second kappa shape index (κ2) is 3.66. The van der Waals surface area contributed by atoms with Gasteiger partial charge in [0, 0.05) is 7.05 Å². The Bertz CT molecular complexity index is 704. The Hall–Kier alpha value is -2.35. The number of fused-ring (bicyclic) bond motifs is 1. The van der Waals surface area contributed by atoms with E-state index in [1.807, 2.05) is 6.07 Å². The third kappa shape index (κ3) is 1.32. The van der Waals surface area contributed by atoms with Gasteiger partial charge in [0.25, 0.3) is 5.56 Å². The number of hydrogen-bond donors (Lipinski definition) is 0. The van der Waals surface area contributed by atoms with Crippen molar-refractivity contribution < 1.29 is 0 Å². The largest absolute Gasteiger partial charge is 0.332 e. The van der Waals surface area contributed by atoms with Crippen LogP contribution in [0.25, 0.3) is 10.9 Å². The fourth-order valence-corrected chi connectivity index (χ4v) is 1.67. The van der Waals surface area contributed by atoms with Crippen molar-refractivity contribution >= 4 is 10.9 Å². The van der Waals surface area contributed by atoms with Crippen LogP contribution in [0.5, 0.6) is 0 Å². The van der Waals surface area contributed by atoms with Gasteiger partial charge in [-0.25, -0.2) is 9.36 Å². The lowest BCUT2D eigenvalue weighted by Gasteiger charge is -2.07. The maximum atomic E-state index is 11.9. The molecule has 0 fully saturated rings. The van der Waals surface area contributed by atoms with E-state index in [0.29, 0.717) is 10.9 Å². The third-order valence-corrected chi connectivity index (χ3v) is 2.49. The van der Waals surface area contributed by atoms with Gasteiger partial charge >= 0.3 is 5.69 Å². The summed E-state index contributed by atoms with van der Waals surface area (Å²) in [5, 5.41) is 9.02. The Morgan fingerprint density at radius 2 is 2.00 bits per heavy atom. The topological polar surface area (TPSA) is 67.8 Å². The molecule has 0 bridgehead atoms. The SMILES string of the molecule is Cn1c(=O)n(CC#N)c(=O)c2ccccc21. The lowest BCUT2D eigenvalue weighted by molar-refractivity contribution is 0.677. The molecule has 0 spiro atoms. The van der Waals surface area contributed by atoms with E-state index in [2.05, 4.69) is 0 Å². The maximum Gasteiger partial charge on any atom is 0.332 e. The van der Waals surface area contributed by atoms with E-state index in [1.165, 1.54) is 4.57 Å². The molecule has 0 N–H and O–H groups in total. The zero-order valence-corrected chi connectivity index (χ0v) is 8.67. The number of aryl methyl sites for hydroxylation is 1. The minimum Gasteiger partial charge on any atom is -0.296 e. The van der Waals surface area contributed by atoms with E-state index < -0.39 is 11.2 Å². The summed E-state index contributed by atoms with van der Waals surface area (Å²) < 4.78 is 2.30. The first-order chi connectivity index (χ1) is 7.66. The lowest BCUT2D eigenvalue weighted by Crippen LogP contribution is -2.38. The molecule has 2 rings (SSSR count). The minimum atomic E-state index is -0.467. The third-order valence-electron chi connectivity index (χ3n) is 2.49. The summed E-state index contributed by atoms with van der Waals surface area (Å²) in [6.07, 6.45) is 0. The smallest absolute Gasteiger partial charge is 0.296 e. The Labute approximate surface area is 90.8 Å². The fraction of sp³-hybridized carbons (Fsp3) is 0.182. The van der Waals surface area contributed by atoms with Crippen molar-refractivity contribution in [2.75, 3.05) is 0 Å². The highest BCUT2D eigenvalue weighted by Gasteiger charge is 2.09. The zero-order chi connectivity index (χ0) is 11.7. The quantitative estimate of drug-likeness (QED) is 0.683. The van der Waals surface area contributed by atoms with E-state index in [-0.39, 0.29) is 6.54 Å². The van der Waals surface area contributed by atoms with E-state index in [0.717, 1.165) is 4.57 Å². The van der Waals surface area contributed by atoms with Crippen LogP contribution in [-0.2, 0) is 13.6 Å². The van der Waals surface area contributed by atoms with Crippen molar-refractivity contribution in [3.63, 3.8) is 0 Å². The van der Waals surface area contributed by atoms with Crippen LogP contribution in [0.1, 0.15) is 0 Å². The monoisotopic (exact) mass is 215 g/mol. The van der Waals surface area contributed by atoms with Crippen molar-refractivity contribution in [1.82, 2.24) is 9.13 Å². The van der Waals surface area contributed by atoms with Crippen LogP contribution in [0, 0.1) is 11.3 Å². The van der Waals surface area contributed by atoms with Gasteiger partial charge in [-0.3, -0.25) is 9.36 Å². The molecule has 1 heterocycles. The number of aromatic nitrogens is 2. The molecular weight excluding hydrogens is 206 g/mol.